The Hall–Kier alpha value is -2.63. The Labute approximate surface area is 201 Å². The van der Waals surface area contributed by atoms with E-state index in [1.54, 1.807) is 30.3 Å². The van der Waals surface area contributed by atoms with Gasteiger partial charge in [-0.15, -0.1) is 0 Å². The van der Waals surface area contributed by atoms with Crippen LogP contribution in [0.3, 0.4) is 0 Å². The maximum atomic E-state index is 12.6. The molecule has 0 aliphatic rings. The number of hydrogen-bond donors (Lipinski definition) is 0. The van der Waals surface area contributed by atoms with Gasteiger partial charge >= 0.3 is 5.97 Å². The summed E-state index contributed by atoms with van der Waals surface area (Å²) in [4.78, 5) is 24.8. The number of ketones is 1. The number of halogens is 2. The normalized spacial score (nSPS) is 10.7. The highest BCUT2D eigenvalue weighted by Crippen LogP contribution is 2.35. The van der Waals surface area contributed by atoms with Gasteiger partial charge in [0.2, 0.25) is 0 Å². The van der Waals surface area contributed by atoms with E-state index in [-0.39, 0.29) is 18.2 Å². The summed E-state index contributed by atoms with van der Waals surface area (Å²) in [6.07, 6.45) is 0.725. The topological polar surface area (TPSA) is 52.6 Å². The first-order valence-electron chi connectivity index (χ1n) is 10.3. The fourth-order valence-corrected chi connectivity index (χ4v) is 3.93. The van der Waals surface area contributed by atoms with Crippen LogP contribution in [0.25, 0.3) is 0 Å². The molecule has 166 valence electrons. The fraction of sp³-hybridized carbons (Fsp3) is 0.231. The largest absolute Gasteiger partial charge is 0.492 e. The van der Waals surface area contributed by atoms with Crippen LogP contribution in [0.15, 0.2) is 59.1 Å². The molecule has 0 amide bonds. The molecular weight excluding hydrogens is 492 g/mol. The number of esters is 1. The minimum atomic E-state index is -0.346. The van der Waals surface area contributed by atoms with Crippen molar-refractivity contribution in [1.82, 2.24) is 0 Å². The van der Waals surface area contributed by atoms with Crippen molar-refractivity contribution < 1.29 is 19.1 Å². The Balaban J connectivity index is 1.53. The summed E-state index contributed by atoms with van der Waals surface area (Å²) in [6, 6.07) is 16.0. The quantitative estimate of drug-likeness (QED) is 0.140. The van der Waals surface area contributed by atoms with Crippen molar-refractivity contribution in [3.8, 4) is 11.5 Å². The Kier molecular flexibility index (Phi) is 8.10. The molecule has 0 spiro atoms. The Morgan fingerprint density at radius 2 is 1.62 bits per heavy atom. The summed E-state index contributed by atoms with van der Waals surface area (Å²) in [7, 11) is 0. The van der Waals surface area contributed by atoms with E-state index >= 15 is 0 Å². The molecule has 0 atom stereocenters. The summed E-state index contributed by atoms with van der Waals surface area (Å²) in [5.74, 6) is 0.739. The summed E-state index contributed by atoms with van der Waals surface area (Å²) >= 11 is 9.74. The summed E-state index contributed by atoms with van der Waals surface area (Å²) in [5.41, 5.74) is 3.76. The predicted octanol–water partition coefficient (Wildman–Crippen LogP) is 7.02. The zero-order chi connectivity index (χ0) is 23.3. The maximum absolute atomic E-state index is 12.6. The van der Waals surface area contributed by atoms with Crippen LogP contribution in [0.1, 0.15) is 45.5 Å². The monoisotopic (exact) mass is 514 g/mol. The molecule has 3 aromatic rings. The number of aryl methyl sites for hydroxylation is 2. The summed E-state index contributed by atoms with van der Waals surface area (Å²) in [5, 5.41) is 0.708. The van der Waals surface area contributed by atoms with Gasteiger partial charge in [-0.25, -0.2) is 0 Å². The SMILES string of the molecule is Cc1cc(C(=O)c2ccccc2)ccc1OC(=O)CCCOc1cc(C)c(Cl)c(C)c1Br. The van der Waals surface area contributed by atoms with Crippen LogP contribution < -0.4 is 9.47 Å². The molecule has 0 heterocycles. The molecule has 0 bridgehead atoms. The fourth-order valence-electron chi connectivity index (χ4n) is 3.24. The van der Waals surface area contributed by atoms with E-state index in [1.807, 2.05) is 45.0 Å². The number of carbonyl (C=O) groups excluding carboxylic acids is 2. The first kappa shape index (κ1) is 24.0. The van der Waals surface area contributed by atoms with E-state index in [4.69, 9.17) is 21.1 Å². The molecule has 6 heteroatoms. The van der Waals surface area contributed by atoms with E-state index in [2.05, 4.69) is 15.9 Å². The smallest absolute Gasteiger partial charge is 0.311 e. The third kappa shape index (κ3) is 5.78. The van der Waals surface area contributed by atoms with Crippen LogP contribution in [0.2, 0.25) is 5.02 Å². The maximum Gasteiger partial charge on any atom is 0.311 e. The molecule has 3 aromatic carbocycles. The standard InChI is InChI=1S/C26H24BrClO4/c1-16-14-20(26(30)19-8-5-4-6-9-19)11-12-21(16)32-23(29)10-7-13-31-22-15-17(2)25(28)18(3)24(22)27/h4-6,8-9,11-12,14-15H,7,10,13H2,1-3H3. The lowest BCUT2D eigenvalue weighted by atomic mass is 10.0. The van der Waals surface area contributed by atoms with Crippen LogP contribution in [-0.2, 0) is 4.79 Å². The molecule has 0 saturated carbocycles. The number of hydrogen-bond acceptors (Lipinski definition) is 4. The summed E-state index contributed by atoms with van der Waals surface area (Å²) in [6.45, 7) is 6.03. The second kappa shape index (κ2) is 10.8. The lowest BCUT2D eigenvalue weighted by Crippen LogP contribution is -2.11. The van der Waals surface area contributed by atoms with Crippen LogP contribution >= 0.6 is 27.5 Å². The van der Waals surface area contributed by atoms with Gasteiger partial charge in [0, 0.05) is 22.6 Å². The van der Waals surface area contributed by atoms with Crippen LogP contribution in [0.4, 0.5) is 0 Å². The van der Waals surface area contributed by atoms with Crippen molar-refractivity contribution in [2.45, 2.75) is 33.6 Å². The molecule has 0 saturated heterocycles. The van der Waals surface area contributed by atoms with E-state index in [0.29, 0.717) is 40.7 Å². The number of ether oxygens (including phenoxy) is 2. The molecule has 0 fully saturated rings. The van der Waals surface area contributed by atoms with E-state index in [1.165, 1.54) is 0 Å². The lowest BCUT2D eigenvalue weighted by Gasteiger charge is -2.13. The molecule has 0 N–H and O–H groups in total. The predicted molar refractivity (Wildman–Crippen MR) is 130 cm³/mol. The van der Waals surface area contributed by atoms with Gasteiger partial charge in [-0.1, -0.05) is 41.9 Å². The average Bonchev–Trinajstić information content (AvgIpc) is 2.79. The Morgan fingerprint density at radius 1 is 0.906 bits per heavy atom. The first-order valence-corrected chi connectivity index (χ1v) is 11.4. The van der Waals surface area contributed by atoms with Crippen LogP contribution in [0.5, 0.6) is 11.5 Å². The van der Waals surface area contributed by atoms with Gasteiger partial charge in [0.25, 0.3) is 0 Å². The van der Waals surface area contributed by atoms with Crippen molar-refractivity contribution in [3.05, 3.63) is 91.9 Å². The van der Waals surface area contributed by atoms with Gasteiger partial charge in [0.05, 0.1) is 11.1 Å². The van der Waals surface area contributed by atoms with Gasteiger partial charge in [0.15, 0.2) is 5.78 Å². The van der Waals surface area contributed by atoms with Crippen molar-refractivity contribution in [3.63, 3.8) is 0 Å². The van der Waals surface area contributed by atoms with Gasteiger partial charge < -0.3 is 9.47 Å². The van der Waals surface area contributed by atoms with Crippen molar-refractivity contribution in [2.75, 3.05) is 6.61 Å². The molecule has 0 aromatic heterocycles. The van der Waals surface area contributed by atoms with Crippen LogP contribution in [-0.4, -0.2) is 18.4 Å². The molecular formula is C26H24BrClO4. The highest BCUT2D eigenvalue weighted by molar-refractivity contribution is 9.10. The second-order valence-corrected chi connectivity index (χ2v) is 8.72. The molecule has 4 nitrogen and oxygen atoms in total. The molecule has 3 rings (SSSR count). The van der Waals surface area contributed by atoms with Gasteiger partial charge in [-0.05, 0) is 84.1 Å². The zero-order valence-corrected chi connectivity index (χ0v) is 20.5. The third-order valence-electron chi connectivity index (χ3n) is 5.05. The van der Waals surface area contributed by atoms with Crippen molar-refractivity contribution in [1.29, 1.82) is 0 Å². The average molecular weight is 516 g/mol. The first-order chi connectivity index (χ1) is 15.3. The second-order valence-electron chi connectivity index (χ2n) is 7.55. The third-order valence-corrected chi connectivity index (χ3v) is 6.62. The zero-order valence-electron chi connectivity index (χ0n) is 18.2. The van der Waals surface area contributed by atoms with E-state index in [0.717, 1.165) is 21.2 Å². The Morgan fingerprint density at radius 3 is 2.31 bits per heavy atom. The molecule has 0 aliphatic heterocycles. The minimum absolute atomic E-state index is 0.0671. The lowest BCUT2D eigenvalue weighted by molar-refractivity contribution is -0.134. The van der Waals surface area contributed by atoms with Gasteiger partial charge in [-0.2, -0.15) is 0 Å². The van der Waals surface area contributed by atoms with Crippen molar-refractivity contribution >= 4 is 39.3 Å². The van der Waals surface area contributed by atoms with E-state index in [9.17, 15) is 9.59 Å². The highest BCUT2D eigenvalue weighted by atomic mass is 79.9. The van der Waals surface area contributed by atoms with E-state index < -0.39 is 0 Å². The molecule has 32 heavy (non-hydrogen) atoms. The molecule has 0 unspecified atom stereocenters. The highest BCUT2D eigenvalue weighted by Gasteiger charge is 2.14. The van der Waals surface area contributed by atoms with Gasteiger partial charge in [0.1, 0.15) is 11.5 Å². The minimum Gasteiger partial charge on any atom is -0.492 e. The summed E-state index contributed by atoms with van der Waals surface area (Å²) < 4.78 is 12.1. The molecule has 0 radical (unpaired) electrons. The number of benzene rings is 3. The van der Waals surface area contributed by atoms with Gasteiger partial charge in [-0.3, -0.25) is 9.59 Å². The molecule has 0 aliphatic carbocycles. The van der Waals surface area contributed by atoms with Crippen molar-refractivity contribution in [2.24, 2.45) is 0 Å². The Bertz CT molecular complexity index is 1140. The number of rotatable bonds is 8. The van der Waals surface area contributed by atoms with Crippen LogP contribution in [0, 0.1) is 20.8 Å². The number of carbonyl (C=O) groups is 2.